The molecule has 1 heterocycles. The van der Waals surface area contributed by atoms with E-state index in [1.165, 1.54) is 6.07 Å². The zero-order chi connectivity index (χ0) is 15.1. The van der Waals surface area contributed by atoms with Gasteiger partial charge in [0.15, 0.2) is 0 Å². The molecule has 0 aromatic heterocycles. The molecule has 1 aromatic rings. The van der Waals surface area contributed by atoms with Crippen molar-refractivity contribution in [2.75, 3.05) is 13.1 Å². The molecule has 20 heavy (non-hydrogen) atoms. The first-order valence-corrected chi connectivity index (χ1v) is 7.49. The summed E-state index contributed by atoms with van der Waals surface area (Å²) in [7, 11) is -3.93. The average Bonchev–Trinajstić information content (AvgIpc) is 2.69. The third kappa shape index (κ3) is 2.82. The van der Waals surface area contributed by atoms with Gasteiger partial charge in [-0.05, 0) is 24.1 Å². The molecule has 0 spiro atoms. The summed E-state index contributed by atoms with van der Waals surface area (Å²) in [6.07, 6.45) is -4.57. The summed E-state index contributed by atoms with van der Waals surface area (Å²) >= 11 is 0. The molecular weight excluding hydrogens is 293 g/mol. The highest BCUT2D eigenvalue weighted by molar-refractivity contribution is 7.89. The van der Waals surface area contributed by atoms with E-state index in [9.17, 15) is 21.6 Å². The van der Waals surface area contributed by atoms with Gasteiger partial charge in [-0.15, -0.1) is 0 Å². The van der Waals surface area contributed by atoms with Gasteiger partial charge in [-0.1, -0.05) is 13.0 Å². The Morgan fingerprint density at radius 2 is 1.95 bits per heavy atom. The zero-order valence-electron chi connectivity index (χ0n) is 10.8. The molecule has 0 bridgehead atoms. The van der Waals surface area contributed by atoms with Gasteiger partial charge in [-0.3, -0.25) is 0 Å². The maximum absolute atomic E-state index is 12.6. The van der Waals surface area contributed by atoms with Crippen LogP contribution in [0.5, 0.6) is 0 Å². The number of halogens is 3. The van der Waals surface area contributed by atoms with Crippen LogP contribution in [-0.2, 0) is 16.2 Å². The molecule has 112 valence electrons. The van der Waals surface area contributed by atoms with E-state index in [1.54, 1.807) is 0 Å². The van der Waals surface area contributed by atoms with E-state index in [0.717, 1.165) is 16.4 Å². The van der Waals surface area contributed by atoms with Crippen LogP contribution in [0.4, 0.5) is 13.2 Å². The topological polar surface area (TPSA) is 63.4 Å². The lowest BCUT2D eigenvalue weighted by atomic mass is 10.1. The summed E-state index contributed by atoms with van der Waals surface area (Å²) < 4.78 is 63.6. The van der Waals surface area contributed by atoms with Crippen LogP contribution >= 0.6 is 0 Å². The van der Waals surface area contributed by atoms with Gasteiger partial charge in [0.1, 0.15) is 0 Å². The molecule has 1 aliphatic rings. The smallest absolute Gasteiger partial charge is 0.326 e. The molecule has 2 rings (SSSR count). The van der Waals surface area contributed by atoms with E-state index < -0.39 is 21.8 Å². The third-order valence-electron chi connectivity index (χ3n) is 3.44. The minimum atomic E-state index is -4.57. The number of hydrogen-bond donors (Lipinski definition) is 1. The second-order valence-corrected chi connectivity index (χ2v) is 6.93. The predicted octanol–water partition coefficient (Wildman–Crippen LogP) is 1.67. The van der Waals surface area contributed by atoms with Gasteiger partial charge in [-0.2, -0.15) is 17.5 Å². The van der Waals surface area contributed by atoms with E-state index in [2.05, 4.69) is 0 Å². The first-order chi connectivity index (χ1) is 9.12. The SMILES string of the molecule is CC1CN(S(=O)(=O)c2cccc(C(F)(F)F)c2)CC1N. The molecule has 0 aliphatic carbocycles. The fourth-order valence-corrected chi connectivity index (χ4v) is 3.75. The maximum atomic E-state index is 12.6. The Hall–Kier alpha value is -1.12. The van der Waals surface area contributed by atoms with Crippen molar-refractivity contribution in [2.24, 2.45) is 11.7 Å². The van der Waals surface area contributed by atoms with Crippen LogP contribution in [0.3, 0.4) is 0 Å². The van der Waals surface area contributed by atoms with Gasteiger partial charge in [0, 0.05) is 19.1 Å². The third-order valence-corrected chi connectivity index (χ3v) is 5.26. The van der Waals surface area contributed by atoms with Crippen molar-refractivity contribution >= 4 is 10.0 Å². The van der Waals surface area contributed by atoms with Crippen molar-refractivity contribution in [1.82, 2.24) is 4.31 Å². The molecule has 2 atom stereocenters. The number of sulfonamides is 1. The van der Waals surface area contributed by atoms with E-state index in [0.29, 0.717) is 6.07 Å². The molecular formula is C12H15F3N2O2S. The lowest BCUT2D eigenvalue weighted by molar-refractivity contribution is -0.137. The first kappa shape index (κ1) is 15.3. The van der Waals surface area contributed by atoms with E-state index in [-0.39, 0.29) is 29.9 Å². The van der Waals surface area contributed by atoms with Crippen LogP contribution in [0.2, 0.25) is 0 Å². The number of benzene rings is 1. The number of nitrogens with two attached hydrogens (primary N) is 1. The number of hydrogen-bond acceptors (Lipinski definition) is 3. The summed E-state index contributed by atoms with van der Waals surface area (Å²) in [5, 5.41) is 0. The molecule has 8 heteroatoms. The van der Waals surface area contributed by atoms with Gasteiger partial charge in [0.2, 0.25) is 10.0 Å². The van der Waals surface area contributed by atoms with Crippen LogP contribution < -0.4 is 5.73 Å². The highest BCUT2D eigenvalue weighted by atomic mass is 32.2. The number of rotatable bonds is 2. The molecule has 1 fully saturated rings. The largest absolute Gasteiger partial charge is 0.416 e. The van der Waals surface area contributed by atoms with Gasteiger partial charge < -0.3 is 5.73 Å². The Labute approximate surface area is 115 Å². The fourth-order valence-electron chi connectivity index (χ4n) is 2.12. The van der Waals surface area contributed by atoms with Crippen molar-refractivity contribution < 1.29 is 21.6 Å². The van der Waals surface area contributed by atoms with Gasteiger partial charge in [0.25, 0.3) is 0 Å². The minimum Gasteiger partial charge on any atom is -0.326 e. The average molecular weight is 308 g/mol. The summed E-state index contributed by atoms with van der Waals surface area (Å²) in [4.78, 5) is -0.353. The molecule has 2 unspecified atom stereocenters. The summed E-state index contributed by atoms with van der Waals surface area (Å²) in [6, 6.07) is 3.46. The zero-order valence-corrected chi connectivity index (χ0v) is 11.6. The summed E-state index contributed by atoms with van der Waals surface area (Å²) in [5.41, 5.74) is 4.78. The fraction of sp³-hybridized carbons (Fsp3) is 0.500. The van der Waals surface area contributed by atoms with E-state index in [1.807, 2.05) is 6.92 Å². The Balaban J connectivity index is 2.36. The molecule has 4 nitrogen and oxygen atoms in total. The molecule has 0 saturated carbocycles. The van der Waals surface area contributed by atoms with Crippen molar-refractivity contribution in [3.63, 3.8) is 0 Å². The predicted molar refractivity (Wildman–Crippen MR) is 67.3 cm³/mol. The summed E-state index contributed by atoms with van der Waals surface area (Å²) in [6.45, 7) is 2.16. The Bertz CT molecular complexity index is 591. The van der Waals surface area contributed by atoms with E-state index in [4.69, 9.17) is 5.73 Å². The van der Waals surface area contributed by atoms with Crippen LogP contribution in [0.15, 0.2) is 29.2 Å². The second-order valence-electron chi connectivity index (χ2n) is 4.99. The van der Waals surface area contributed by atoms with Crippen LogP contribution in [0.25, 0.3) is 0 Å². The van der Waals surface area contributed by atoms with Crippen molar-refractivity contribution in [1.29, 1.82) is 0 Å². The Kier molecular flexibility index (Phi) is 3.83. The van der Waals surface area contributed by atoms with Crippen molar-refractivity contribution in [2.45, 2.75) is 24.0 Å². The highest BCUT2D eigenvalue weighted by Gasteiger charge is 2.37. The lowest BCUT2D eigenvalue weighted by Crippen LogP contribution is -2.32. The molecule has 1 saturated heterocycles. The Morgan fingerprint density at radius 3 is 2.45 bits per heavy atom. The van der Waals surface area contributed by atoms with Crippen LogP contribution in [-0.4, -0.2) is 31.9 Å². The van der Waals surface area contributed by atoms with Crippen molar-refractivity contribution in [3.8, 4) is 0 Å². The first-order valence-electron chi connectivity index (χ1n) is 6.05. The number of alkyl halides is 3. The van der Waals surface area contributed by atoms with Gasteiger partial charge >= 0.3 is 6.18 Å². The quantitative estimate of drug-likeness (QED) is 0.904. The maximum Gasteiger partial charge on any atom is 0.416 e. The Morgan fingerprint density at radius 1 is 1.30 bits per heavy atom. The lowest BCUT2D eigenvalue weighted by Gasteiger charge is -2.17. The van der Waals surface area contributed by atoms with E-state index >= 15 is 0 Å². The van der Waals surface area contributed by atoms with Crippen molar-refractivity contribution in [3.05, 3.63) is 29.8 Å². The number of nitrogens with zero attached hydrogens (tertiary/aromatic N) is 1. The highest BCUT2D eigenvalue weighted by Crippen LogP contribution is 2.32. The van der Waals surface area contributed by atoms with Gasteiger partial charge in [0.05, 0.1) is 10.5 Å². The molecule has 0 amide bonds. The van der Waals surface area contributed by atoms with Crippen LogP contribution in [0.1, 0.15) is 12.5 Å². The second kappa shape index (κ2) is 5.01. The molecule has 2 N–H and O–H groups in total. The standard InChI is InChI=1S/C12H15F3N2O2S/c1-8-6-17(7-11(8)16)20(18,19)10-4-2-3-9(5-10)12(13,14)15/h2-5,8,11H,6-7,16H2,1H3. The monoisotopic (exact) mass is 308 g/mol. The van der Waals surface area contributed by atoms with Crippen LogP contribution in [0, 0.1) is 5.92 Å². The van der Waals surface area contributed by atoms with Gasteiger partial charge in [-0.25, -0.2) is 8.42 Å². The normalized spacial score (nSPS) is 25.1. The summed E-state index contributed by atoms with van der Waals surface area (Å²) in [5.74, 6) is -0.0180. The molecule has 1 aliphatic heterocycles. The molecule has 0 radical (unpaired) electrons. The minimum absolute atomic E-state index is 0.0180. The molecule has 1 aromatic carbocycles.